The summed E-state index contributed by atoms with van der Waals surface area (Å²) in [5.41, 5.74) is 3.95. The maximum atomic E-state index is 13.2. The van der Waals surface area contributed by atoms with Crippen molar-refractivity contribution in [2.24, 2.45) is 5.92 Å². The molecule has 0 saturated carbocycles. The molecular weight excluding hydrogens is 302 g/mol. The van der Waals surface area contributed by atoms with Crippen LogP contribution in [0.3, 0.4) is 0 Å². The van der Waals surface area contributed by atoms with Gasteiger partial charge in [0.05, 0.1) is 0 Å². The van der Waals surface area contributed by atoms with Gasteiger partial charge in [-0.25, -0.2) is 0 Å². The van der Waals surface area contributed by atoms with Crippen LogP contribution < -0.4 is 5.32 Å². The van der Waals surface area contributed by atoms with E-state index in [1.165, 1.54) is 0 Å². The maximum absolute atomic E-state index is 13.2. The number of H-pyrrole nitrogens is 1. The molecule has 24 heavy (non-hydrogen) atoms. The Bertz CT molecular complexity index is 705. The van der Waals surface area contributed by atoms with Gasteiger partial charge in [-0.15, -0.1) is 0 Å². The van der Waals surface area contributed by atoms with Gasteiger partial charge in [-0.1, -0.05) is 6.07 Å². The summed E-state index contributed by atoms with van der Waals surface area (Å²) in [6.07, 6.45) is 7.79. The van der Waals surface area contributed by atoms with Crippen LogP contribution >= 0.6 is 0 Å². The summed E-state index contributed by atoms with van der Waals surface area (Å²) in [6.45, 7) is 3.38. The van der Waals surface area contributed by atoms with Crippen LogP contribution in [-0.2, 0) is 19.4 Å². The van der Waals surface area contributed by atoms with E-state index in [1.807, 2.05) is 23.2 Å². The molecule has 1 saturated heterocycles. The fourth-order valence-corrected chi connectivity index (χ4v) is 3.76. The van der Waals surface area contributed by atoms with Gasteiger partial charge in [-0.2, -0.15) is 5.10 Å². The van der Waals surface area contributed by atoms with E-state index >= 15 is 0 Å². The smallest absolute Gasteiger partial charge is 0.274 e. The number of aromatic nitrogens is 3. The molecule has 0 aromatic carbocycles. The predicted octanol–water partition coefficient (Wildman–Crippen LogP) is 1.55. The summed E-state index contributed by atoms with van der Waals surface area (Å²) in [4.78, 5) is 19.3. The molecule has 6 heteroatoms. The Labute approximate surface area is 141 Å². The van der Waals surface area contributed by atoms with Gasteiger partial charge in [0, 0.05) is 36.7 Å². The number of amides is 1. The van der Waals surface area contributed by atoms with Crippen molar-refractivity contribution in [3.8, 4) is 0 Å². The highest BCUT2D eigenvalue weighted by molar-refractivity contribution is 5.94. The Morgan fingerprint density at radius 3 is 3.12 bits per heavy atom. The van der Waals surface area contributed by atoms with Crippen LogP contribution in [0.5, 0.6) is 0 Å². The lowest BCUT2D eigenvalue weighted by Crippen LogP contribution is -2.36. The molecular formula is C18H23N5O. The van der Waals surface area contributed by atoms with Gasteiger partial charge in [0.25, 0.3) is 5.91 Å². The quantitative estimate of drug-likeness (QED) is 0.875. The standard InChI is InChI=1S/C18H23N5O/c24-18(17-15-4-1-5-16(15)21-22-17)23(12-14-6-8-20-10-14)11-13-3-2-7-19-9-13/h2-3,7,9,14,20H,1,4-6,8,10-12H2,(H,21,22). The molecule has 1 aliphatic carbocycles. The summed E-state index contributed by atoms with van der Waals surface area (Å²) in [6, 6.07) is 3.94. The zero-order chi connectivity index (χ0) is 16.4. The summed E-state index contributed by atoms with van der Waals surface area (Å²) < 4.78 is 0. The lowest BCUT2D eigenvalue weighted by Gasteiger charge is -2.25. The fourth-order valence-electron chi connectivity index (χ4n) is 3.76. The molecule has 1 aliphatic heterocycles. The van der Waals surface area contributed by atoms with Gasteiger partial charge in [0.1, 0.15) is 0 Å². The number of nitrogens with one attached hydrogen (secondary N) is 2. The molecule has 0 radical (unpaired) electrons. The lowest BCUT2D eigenvalue weighted by molar-refractivity contribution is 0.0711. The fraction of sp³-hybridized carbons (Fsp3) is 0.500. The Morgan fingerprint density at radius 2 is 2.33 bits per heavy atom. The topological polar surface area (TPSA) is 73.9 Å². The summed E-state index contributed by atoms with van der Waals surface area (Å²) in [5, 5.41) is 10.8. The van der Waals surface area contributed by atoms with Crippen molar-refractivity contribution in [2.75, 3.05) is 19.6 Å². The first-order chi connectivity index (χ1) is 11.8. The van der Waals surface area contributed by atoms with E-state index in [0.717, 1.165) is 62.1 Å². The van der Waals surface area contributed by atoms with E-state index in [2.05, 4.69) is 20.5 Å². The highest BCUT2D eigenvalue weighted by Gasteiger charge is 2.28. The molecule has 2 aliphatic rings. The average Bonchev–Trinajstić information content (AvgIpc) is 3.32. The molecule has 2 aromatic heterocycles. The van der Waals surface area contributed by atoms with Crippen LogP contribution in [-0.4, -0.2) is 45.6 Å². The van der Waals surface area contributed by atoms with Gasteiger partial charge >= 0.3 is 0 Å². The summed E-state index contributed by atoms with van der Waals surface area (Å²) in [5.74, 6) is 0.558. The summed E-state index contributed by atoms with van der Waals surface area (Å²) >= 11 is 0. The Hall–Kier alpha value is -2.21. The van der Waals surface area contributed by atoms with Crippen molar-refractivity contribution in [1.82, 2.24) is 25.4 Å². The molecule has 4 rings (SSSR count). The maximum Gasteiger partial charge on any atom is 0.274 e. The van der Waals surface area contributed by atoms with Gasteiger partial charge in [0.15, 0.2) is 5.69 Å². The van der Waals surface area contributed by atoms with E-state index in [4.69, 9.17) is 0 Å². The number of aryl methyl sites for hydroxylation is 1. The van der Waals surface area contributed by atoms with Crippen molar-refractivity contribution in [1.29, 1.82) is 0 Å². The molecule has 1 atom stereocenters. The van der Waals surface area contributed by atoms with Crippen molar-refractivity contribution < 1.29 is 4.79 Å². The highest BCUT2D eigenvalue weighted by Crippen LogP contribution is 2.25. The van der Waals surface area contributed by atoms with Crippen molar-refractivity contribution >= 4 is 5.91 Å². The predicted molar refractivity (Wildman–Crippen MR) is 90.6 cm³/mol. The number of carbonyl (C=O) groups is 1. The lowest BCUT2D eigenvalue weighted by atomic mass is 10.1. The summed E-state index contributed by atoms with van der Waals surface area (Å²) in [7, 11) is 0. The normalized spacial score (nSPS) is 19.4. The molecule has 0 spiro atoms. The number of hydrogen-bond donors (Lipinski definition) is 2. The highest BCUT2D eigenvalue weighted by atomic mass is 16.2. The second-order valence-electron chi connectivity index (χ2n) is 6.79. The monoisotopic (exact) mass is 325 g/mol. The van der Waals surface area contributed by atoms with Crippen LogP contribution in [0.4, 0.5) is 0 Å². The molecule has 126 valence electrons. The van der Waals surface area contributed by atoms with Gasteiger partial charge in [-0.05, 0) is 56.3 Å². The number of carbonyl (C=O) groups excluding carboxylic acids is 1. The van der Waals surface area contributed by atoms with Gasteiger partial charge in [0.2, 0.25) is 0 Å². The first kappa shape index (κ1) is 15.3. The Morgan fingerprint density at radius 1 is 1.38 bits per heavy atom. The third kappa shape index (κ3) is 3.06. The van der Waals surface area contributed by atoms with Gasteiger partial charge < -0.3 is 10.2 Å². The average molecular weight is 325 g/mol. The number of aromatic amines is 1. The molecule has 2 aromatic rings. The van der Waals surface area contributed by atoms with E-state index in [-0.39, 0.29) is 5.91 Å². The SMILES string of the molecule is O=C(c1n[nH]c2c1CCC2)N(Cc1cccnc1)CC1CCNC1. The number of hydrogen-bond acceptors (Lipinski definition) is 4. The Kier molecular flexibility index (Phi) is 4.30. The number of nitrogens with zero attached hydrogens (tertiary/aromatic N) is 3. The minimum absolute atomic E-state index is 0.0464. The van der Waals surface area contributed by atoms with Gasteiger partial charge in [-0.3, -0.25) is 14.9 Å². The van der Waals surface area contributed by atoms with Crippen molar-refractivity contribution in [2.45, 2.75) is 32.2 Å². The van der Waals surface area contributed by atoms with Crippen LogP contribution in [0.15, 0.2) is 24.5 Å². The van der Waals surface area contributed by atoms with Crippen LogP contribution in [0, 0.1) is 5.92 Å². The molecule has 0 bridgehead atoms. The van der Waals surface area contributed by atoms with E-state index in [1.54, 1.807) is 6.20 Å². The molecule has 2 N–H and O–H groups in total. The van der Waals surface area contributed by atoms with E-state index < -0.39 is 0 Å². The number of rotatable bonds is 5. The molecule has 3 heterocycles. The molecule has 6 nitrogen and oxygen atoms in total. The molecule has 1 amide bonds. The largest absolute Gasteiger partial charge is 0.333 e. The Balaban J connectivity index is 1.57. The van der Waals surface area contributed by atoms with E-state index in [9.17, 15) is 4.79 Å². The van der Waals surface area contributed by atoms with Crippen LogP contribution in [0.25, 0.3) is 0 Å². The first-order valence-corrected chi connectivity index (χ1v) is 8.76. The zero-order valence-corrected chi connectivity index (χ0v) is 13.8. The third-order valence-electron chi connectivity index (χ3n) is 5.03. The molecule has 1 unspecified atom stereocenters. The number of fused-ring (bicyclic) bond motifs is 1. The molecule has 1 fully saturated rings. The van der Waals surface area contributed by atoms with Crippen molar-refractivity contribution in [3.05, 3.63) is 47.0 Å². The minimum Gasteiger partial charge on any atom is -0.333 e. The number of pyridine rings is 1. The van der Waals surface area contributed by atoms with E-state index in [0.29, 0.717) is 18.2 Å². The van der Waals surface area contributed by atoms with Crippen LogP contribution in [0.2, 0.25) is 0 Å². The second kappa shape index (κ2) is 6.73. The minimum atomic E-state index is 0.0464. The van der Waals surface area contributed by atoms with Crippen molar-refractivity contribution in [3.63, 3.8) is 0 Å². The van der Waals surface area contributed by atoms with Crippen LogP contribution in [0.1, 0.15) is 40.2 Å². The second-order valence-corrected chi connectivity index (χ2v) is 6.79. The first-order valence-electron chi connectivity index (χ1n) is 8.76. The third-order valence-corrected chi connectivity index (χ3v) is 5.03. The zero-order valence-electron chi connectivity index (χ0n) is 13.8.